The van der Waals surface area contributed by atoms with Crippen molar-refractivity contribution in [2.75, 3.05) is 13.7 Å². The van der Waals surface area contributed by atoms with E-state index in [1.54, 1.807) is 24.1 Å². The number of hydrogen-bond donors (Lipinski definition) is 1. The predicted octanol–water partition coefficient (Wildman–Crippen LogP) is 4.54. The van der Waals surface area contributed by atoms with E-state index in [1.165, 1.54) is 25.3 Å². The van der Waals surface area contributed by atoms with Gasteiger partial charge in [-0.2, -0.15) is 5.06 Å². The molecule has 0 spiro atoms. The summed E-state index contributed by atoms with van der Waals surface area (Å²) in [5, 5.41) is 13.9. The van der Waals surface area contributed by atoms with Gasteiger partial charge < -0.3 is 9.84 Å². The van der Waals surface area contributed by atoms with E-state index in [0.717, 1.165) is 5.56 Å². The number of nitrogens with zero attached hydrogens (tertiary/aromatic N) is 1. The Morgan fingerprint density at radius 2 is 1.95 bits per heavy atom. The minimum absolute atomic E-state index is 0.0628. The zero-order valence-electron chi connectivity index (χ0n) is 21.6. The van der Waals surface area contributed by atoms with Crippen LogP contribution in [0.25, 0.3) is 0 Å². The standard InChI is InChI=1S/C29H32ClF2NO5/c1-26-9-8-19(34)11-22(26)23(31)12-21-20-10-17-15-33(14-16-4-6-18(30)7-5-16)38-29(17,25(36)37-3)27(20,2)13-24(35)28(21,26)32/h4-9,11,17,20-21,23-24,35H,10,12-15H2,1-3H3/t17-,20-,21-,23-,24-,26-,27-,28-,29-/m0/s1. The Balaban J connectivity index is 1.39. The molecule has 1 heterocycles. The molecule has 5 aliphatic rings. The molecule has 38 heavy (non-hydrogen) atoms. The molecule has 0 unspecified atom stereocenters. The van der Waals surface area contributed by atoms with Gasteiger partial charge in [-0.15, -0.1) is 0 Å². The van der Waals surface area contributed by atoms with E-state index in [1.807, 2.05) is 19.1 Å². The number of allylic oxidation sites excluding steroid dienone is 4. The van der Waals surface area contributed by atoms with E-state index in [0.29, 0.717) is 24.5 Å². The summed E-state index contributed by atoms with van der Waals surface area (Å²) in [6.07, 6.45) is 1.01. The molecule has 1 aromatic carbocycles. The highest BCUT2D eigenvalue weighted by atomic mass is 35.5. The number of esters is 1. The van der Waals surface area contributed by atoms with Crippen LogP contribution in [0.15, 0.2) is 48.1 Å². The molecule has 1 N–H and O–H groups in total. The number of aliphatic hydroxyl groups excluding tert-OH is 1. The Hall–Kier alpha value is -2.13. The van der Waals surface area contributed by atoms with Gasteiger partial charge in [0.25, 0.3) is 0 Å². The second-order valence-corrected chi connectivity index (χ2v) is 12.5. The molecule has 9 heteroatoms. The molecule has 204 valence electrons. The normalized spacial score (nSPS) is 45.6. The van der Waals surface area contributed by atoms with Gasteiger partial charge in [-0.3, -0.25) is 9.63 Å². The fraction of sp³-hybridized carbons (Fsp3) is 0.586. The monoisotopic (exact) mass is 547 g/mol. The first-order valence-electron chi connectivity index (χ1n) is 13.1. The average molecular weight is 548 g/mol. The summed E-state index contributed by atoms with van der Waals surface area (Å²) in [6, 6.07) is 7.34. The molecule has 0 amide bonds. The third-order valence-electron chi connectivity index (χ3n) is 10.4. The molecule has 9 atom stereocenters. The molecule has 4 aliphatic carbocycles. The first kappa shape index (κ1) is 26.1. The molecule has 1 saturated heterocycles. The van der Waals surface area contributed by atoms with Gasteiger partial charge in [0.05, 0.1) is 13.2 Å². The zero-order valence-corrected chi connectivity index (χ0v) is 22.4. The van der Waals surface area contributed by atoms with E-state index >= 15 is 8.78 Å². The number of aliphatic hydroxyl groups is 1. The highest BCUT2D eigenvalue weighted by Gasteiger charge is 2.80. The van der Waals surface area contributed by atoms with Crippen LogP contribution in [-0.2, 0) is 25.7 Å². The summed E-state index contributed by atoms with van der Waals surface area (Å²) in [5.74, 6) is -2.61. The van der Waals surface area contributed by atoms with Crippen LogP contribution < -0.4 is 0 Å². The minimum Gasteiger partial charge on any atom is -0.467 e. The van der Waals surface area contributed by atoms with Gasteiger partial charge in [0, 0.05) is 40.8 Å². The lowest BCUT2D eigenvalue weighted by Crippen LogP contribution is -2.70. The molecule has 3 saturated carbocycles. The van der Waals surface area contributed by atoms with Crippen molar-refractivity contribution >= 4 is 23.4 Å². The Morgan fingerprint density at radius 1 is 1.24 bits per heavy atom. The lowest BCUT2D eigenvalue weighted by molar-refractivity contribution is -0.276. The summed E-state index contributed by atoms with van der Waals surface area (Å²) >= 11 is 6.02. The van der Waals surface area contributed by atoms with Crippen molar-refractivity contribution in [2.45, 2.75) is 63.2 Å². The fourth-order valence-corrected chi connectivity index (χ4v) is 8.83. The van der Waals surface area contributed by atoms with Crippen molar-refractivity contribution < 1.29 is 33.1 Å². The number of hydroxylamine groups is 2. The number of ether oxygens (including phenoxy) is 1. The Bertz CT molecular complexity index is 1250. The SMILES string of the molecule is COC(=O)[C@@]12ON(Cc3ccc(Cl)cc3)C[C@@H]1C[C@H]1[C@@H]3C[C@H](F)C4=CC(=O)C=C[C@]4(C)[C@@]3(F)[C@@H](O)C[C@@]12C. The third-order valence-corrected chi connectivity index (χ3v) is 10.7. The maximum atomic E-state index is 17.4. The molecule has 4 fully saturated rings. The van der Waals surface area contributed by atoms with Crippen molar-refractivity contribution in [2.24, 2.45) is 28.6 Å². The number of rotatable bonds is 3. The third kappa shape index (κ3) is 3.14. The van der Waals surface area contributed by atoms with Crippen LogP contribution in [0.1, 0.15) is 38.7 Å². The number of carbonyl (C=O) groups is 2. The largest absolute Gasteiger partial charge is 0.467 e. The Morgan fingerprint density at radius 3 is 2.63 bits per heavy atom. The lowest BCUT2D eigenvalue weighted by atomic mass is 9.44. The van der Waals surface area contributed by atoms with E-state index in [2.05, 4.69) is 0 Å². The topological polar surface area (TPSA) is 76.1 Å². The lowest BCUT2D eigenvalue weighted by Gasteiger charge is -2.63. The summed E-state index contributed by atoms with van der Waals surface area (Å²) in [6.45, 7) is 4.23. The summed E-state index contributed by atoms with van der Waals surface area (Å²) in [5.41, 5.74) is -5.10. The number of methoxy groups -OCH3 is 1. The molecule has 6 rings (SSSR count). The van der Waals surface area contributed by atoms with E-state index in [9.17, 15) is 14.7 Å². The van der Waals surface area contributed by atoms with Crippen LogP contribution >= 0.6 is 11.6 Å². The second-order valence-electron chi connectivity index (χ2n) is 12.1. The van der Waals surface area contributed by atoms with Gasteiger partial charge in [-0.1, -0.05) is 36.7 Å². The molecule has 0 radical (unpaired) electrons. The van der Waals surface area contributed by atoms with Crippen molar-refractivity contribution in [3.05, 3.63) is 58.7 Å². The van der Waals surface area contributed by atoms with Crippen LogP contribution in [0.5, 0.6) is 0 Å². The van der Waals surface area contributed by atoms with Crippen LogP contribution in [0.4, 0.5) is 8.78 Å². The average Bonchev–Trinajstić information content (AvgIpc) is 3.35. The minimum atomic E-state index is -2.21. The molecule has 6 nitrogen and oxygen atoms in total. The number of alkyl halides is 2. The highest BCUT2D eigenvalue weighted by molar-refractivity contribution is 6.30. The fourth-order valence-electron chi connectivity index (χ4n) is 8.70. The molecule has 1 aromatic rings. The van der Waals surface area contributed by atoms with E-state index < -0.39 is 52.2 Å². The van der Waals surface area contributed by atoms with E-state index in [4.69, 9.17) is 21.2 Å². The predicted molar refractivity (Wildman–Crippen MR) is 135 cm³/mol. The highest BCUT2D eigenvalue weighted by Crippen LogP contribution is 2.72. The summed E-state index contributed by atoms with van der Waals surface area (Å²) in [7, 11) is 1.30. The zero-order chi connectivity index (χ0) is 27.3. The van der Waals surface area contributed by atoms with Crippen LogP contribution in [0.2, 0.25) is 5.02 Å². The van der Waals surface area contributed by atoms with Gasteiger partial charge in [0.2, 0.25) is 0 Å². The first-order valence-corrected chi connectivity index (χ1v) is 13.5. The van der Waals surface area contributed by atoms with Crippen LogP contribution in [0.3, 0.4) is 0 Å². The van der Waals surface area contributed by atoms with Gasteiger partial charge in [0.1, 0.15) is 6.17 Å². The van der Waals surface area contributed by atoms with E-state index in [-0.39, 0.29) is 30.1 Å². The van der Waals surface area contributed by atoms with Crippen molar-refractivity contribution in [3.63, 3.8) is 0 Å². The Labute approximate surface area is 225 Å². The van der Waals surface area contributed by atoms with Gasteiger partial charge >= 0.3 is 5.97 Å². The number of halogens is 3. The maximum absolute atomic E-state index is 17.4. The second kappa shape index (κ2) is 8.43. The summed E-state index contributed by atoms with van der Waals surface area (Å²) in [4.78, 5) is 32.1. The van der Waals surface area contributed by atoms with Gasteiger partial charge in [0.15, 0.2) is 17.1 Å². The number of fused-ring (bicyclic) bond motifs is 7. The quantitative estimate of drug-likeness (QED) is 0.560. The smallest absolute Gasteiger partial charge is 0.341 e. The van der Waals surface area contributed by atoms with Crippen molar-refractivity contribution in [1.29, 1.82) is 0 Å². The van der Waals surface area contributed by atoms with Gasteiger partial charge in [-0.25, -0.2) is 13.6 Å². The first-order chi connectivity index (χ1) is 17.9. The number of benzene rings is 1. The number of carbonyl (C=O) groups excluding carboxylic acids is 2. The van der Waals surface area contributed by atoms with Crippen molar-refractivity contribution in [3.8, 4) is 0 Å². The van der Waals surface area contributed by atoms with Crippen molar-refractivity contribution in [1.82, 2.24) is 5.06 Å². The molecular formula is C29H32ClF2NO5. The molecule has 0 bridgehead atoms. The molecule has 0 aromatic heterocycles. The van der Waals surface area contributed by atoms with Crippen LogP contribution in [-0.4, -0.2) is 59.1 Å². The number of ketones is 1. The number of hydrogen-bond acceptors (Lipinski definition) is 6. The summed E-state index contributed by atoms with van der Waals surface area (Å²) < 4.78 is 38.4. The maximum Gasteiger partial charge on any atom is 0.341 e. The Kier molecular flexibility index (Phi) is 5.80. The van der Waals surface area contributed by atoms with Crippen LogP contribution in [0, 0.1) is 28.6 Å². The molecular weight excluding hydrogens is 516 g/mol. The molecule has 1 aliphatic heterocycles. The van der Waals surface area contributed by atoms with Gasteiger partial charge in [-0.05, 0) is 67.5 Å².